The van der Waals surface area contributed by atoms with Gasteiger partial charge in [0.15, 0.2) is 0 Å². The minimum Gasteiger partial charge on any atom is -0.404 e. The molecule has 0 aromatic rings. The minimum atomic E-state index is -0.863. The predicted molar refractivity (Wildman–Crippen MR) is 122 cm³/mol. The summed E-state index contributed by atoms with van der Waals surface area (Å²) >= 11 is 5.47. The number of carbonyl (C=O) groups excluding carboxylic acids is 2. The summed E-state index contributed by atoms with van der Waals surface area (Å²) in [5.41, 5.74) is 5.73. The quantitative estimate of drug-likeness (QED) is 0.0886. The number of aliphatic hydroxyl groups is 4. The Labute approximate surface area is 191 Å². The largest absolute Gasteiger partial charge is 0.404 e. The van der Waals surface area contributed by atoms with Crippen molar-refractivity contribution in [2.24, 2.45) is 5.73 Å². The van der Waals surface area contributed by atoms with Gasteiger partial charge >= 0.3 is 0 Å². The molecule has 0 atom stereocenters. The molecule has 0 unspecified atom stereocenters. The number of amides is 2. The van der Waals surface area contributed by atoms with E-state index in [-0.39, 0.29) is 14.7 Å². The van der Waals surface area contributed by atoms with Crippen LogP contribution in [0.2, 0.25) is 0 Å². The zero-order valence-corrected chi connectivity index (χ0v) is 19.9. The molecule has 0 aliphatic carbocycles. The van der Waals surface area contributed by atoms with Gasteiger partial charge in [0, 0.05) is 13.4 Å². The van der Waals surface area contributed by atoms with Crippen LogP contribution >= 0.6 is 67.8 Å². The van der Waals surface area contributed by atoms with Crippen LogP contribution in [-0.4, -0.2) is 70.8 Å². The van der Waals surface area contributed by atoms with Crippen LogP contribution in [0.4, 0.5) is 0 Å². The van der Waals surface area contributed by atoms with Crippen molar-refractivity contribution in [2.75, 3.05) is 26.4 Å². The Kier molecular flexibility index (Phi) is 14.0. The normalized spacial score (nSPS) is 13.7. The van der Waals surface area contributed by atoms with Gasteiger partial charge in [0.1, 0.15) is 0 Å². The number of carbonyl (C=O) groups is 2. The smallest absolute Gasteiger partial charge is 0.253 e. The van der Waals surface area contributed by atoms with E-state index in [9.17, 15) is 9.59 Å². The van der Waals surface area contributed by atoms with Gasteiger partial charge in [-0.25, -0.2) is 0 Å². The molecule has 0 radical (unpaired) electrons. The summed E-state index contributed by atoms with van der Waals surface area (Å²) in [5, 5.41) is 41.3. The average molecular weight is 707 g/mol. The molecule has 12 heteroatoms. The second-order valence-corrected chi connectivity index (χ2v) is 7.66. The first kappa shape index (κ1) is 26.0. The Morgan fingerprint density at radius 3 is 1.69 bits per heavy atom. The van der Waals surface area contributed by atoms with Crippen molar-refractivity contribution < 1.29 is 30.0 Å². The molecule has 2 amide bonds. The van der Waals surface area contributed by atoms with Gasteiger partial charge in [0.05, 0.1) is 49.7 Å². The number of aliphatic hydroxyl groups excluding tert-OH is 4. The van der Waals surface area contributed by atoms with E-state index in [2.05, 4.69) is 10.6 Å². The number of rotatable bonds is 10. The van der Waals surface area contributed by atoms with Crippen molar-refractivity contribution in [2.45, 2.75) is 12.1 Å². The maximum absolute atomic E-state index is 12.6. The van der Waals surface area contributed by atoms with Crippen molar-refractivity contribution in [1.29, 1.82) is 0 Å². The molecule has 0 rings (SSSR count). The number of nitrogens with one attached hydrogen (secondary N) is 2. The van der Waals surface area contributed by atoms with Crippen LogP contribution in [-0.2, 0) is 9.59 Å². The molecule has 9 nitrogen and oxygen atoms in total. The zero-order chi connectivity index (χ0) is 20.3. The van der Waals surface area contributed by atoms with E-state index < -0.39 is 50.3 Å². The molecule has 0 spiro atoms. The minimum absolute atomic E-state index is 0.0863. The zero-order valence-electron chi connectivity index (χ0n) is 13.5. The van der Waals surface area contributed by atoms with E-state index in [1.807, 2.05) is 67.8 Å². The summed E-state index contributed by atoms with van der Waals surface area (Å²) in [6.07, 6.45) is 1.19. The highest BCUT2D eigenvalue weighted by molar-refractivity contribution is 14.1. The molecule has 8 N–H and O–H groups in total. The van der Waals surface area contributed by atoms with Crippen LogP contribution in [0.15, 0.2) is 28.6 Å². The lowest BCUT2D eigenvalue weighted by Gasteiger charge is -2.18. The van der Waals surface area contributed by atoms with E-state index in [0.717, 1.165) is 0 Å². The van der Waals surface area contributed by atoms with Crippen molar-refractivity contribution in [1.82, 2.24) is 10.6 Å². The molecule has 148 valence electrons. The van der Waals surface area contributed by atoms with Gasteiger partial charge in [-0.1, -0.05) is 22.6 Å². The molecule has 0 fully saturated rings. The van der Waals surface area contributed by atoms with Gasteiger partial charge in [-0.15, -0.1) is 0 Å². The van der Waals surface area contributed by atoms with E-state index in [1.165, 1.54) is 10.3 Å². The SMILES string of the molecule is N/C=C(I)/C(C(=O)NC(CO)CO)=C(I)\C(=C\I)C(=O)NC(CO)CO. The summed E-state index contributed by atoms with van der Waals surface area (Å²) < 4.78 is 2.06. The highest BCUT2D eigenvalue weighted by atomic mass is 127. The van der Waals surface area contributed by atoms with Crippen LogP contribution < -0.4 is 16.4 Å². The summed E-state index contributed by atoms with van der Waals surface area (Å²) in [4.78, 5) is 25.0. The fourth-order valence-electron chi connectivity index (χ4n) is 1.55. The molecule has 26 heavy (non-hydrogen) atoms. The molecule has 0 bridgehead atoms. The van der Waals surface area contributed by atoms with Crippen molar-refractivity contribution >= 4 is 79.6 Å². The third-order valence-corrected chi connectivity index (χ3v) is 5.62. The van der Waals surface area contributed by atoms with Crippen LogP contribution in [0.3, 0.4) is 0 Å². The highest BCUT2D eigenvalue weighted by Crippen LogP contribution is 2.31. The monoisotopic (exact) mass is 707 g/mol. The topological polar surface area (TPSA) is 165 Å². The van der Waals surface area contributed by atoms with Gasteiger partial charge in [-0.2, -0.15) is 0 Å². The summed E-state index contributed by atoms with van der Waals surface area (Å²) in [6.45, 7) is -1.81. The number of nitrogens with two attached hydrogens (primary N) is 1. The highest BCUT2D eigenvalue weighted by Gasteiger charge is 2.25. The molecule has 0 aromatic carbocycles. The van der Waals surface area contributed by atoms with Gasteiger partial charge in [-0.3, -0.25) is 9.59 Å². The molecule has 0 aromatic heterocycles. The third kappa shape index (κ3) is 7.93. The molecular weight excluding hydrogens is 687 g/mol. The molecule has 0 aliphatic rings. The number of halogens is 3. The lowest BCUT2D eigenvalue weighted by atomic mass is 10.1. The Morgan fingerprint density at radius 2 is 1.35 bits per heavy atom. The maximum Gasteiger partial charge on any atom is 0.253 e. The molecular formula is C14H20I3N3O6. The lowest BCUT2D eigenvalue weighted by Crippen LogP contribution is -2.42. The summed E-state index contributed by atoms with van der Waals surface area (Å²) in [7, 11) is 0. The van der Waals surface area contributed by atoms with E-state index in [1.54, 1.807) is 0 Å². The van der Waals surface area contributed by atoms with Gasteiger partial charge < -0.3 is 36.8 Å². The lowest BCUT2D eigenvalue weighted by molar-refractivity contribution is -0.118. The first-order chi connectivity index (χ1) is 12.3. The van der Waals surface area contributed by atoms with Gasteiger partial charge in [0.25, 0.3) is 11.8 Å². The Morgan fingerprint density at radius 1 is 0.923 bits per heavy atom. The standard InChI is InChI=1S/C14H20I3N3O6/c15-1-9(13(25)19-7(3-21)4-22)12(17)11(10(16)2-18)14(26)20-8(5-23)6-24/h1-2,7-8,21-24H,3-6,18H2,(H,19,25)(H,20,26)/b9-1-,10-2-,12-11-. The number of hydrogen-bond acceptors (Lipinski definition) is 7. The average Bonchev–Trinajstić information content (AvgIpc) is 2.64. The second-order valence-electron chi connectivity index (χ2n) is 4.80. The molecule has 0 saturated heterocycles. The Balaban J connectivity index is 5.88. The summed E-state index contributed by atoms with van der Waals surface area (Å²) in [5.74, 6) is -1.22. The van der Waals surface area contributed by atoms with Gasteiger partial charge in [-0.05, 0) is 49.3 Å². The molecule has 0 heterocycles. The maximum atomic E-state index is 12.6. The van der Waals surface area contributed by atoms with Crippen molar-refractivity contribution in [3.8, 4) is 0 Å². The molecule has 0 saturated carbocycles. The second kappa shape index (κ2) is 14.1. The summed E-state index contributed by atoms with van der Waals surface area (Å²) in [6, 6.07) is -1.70. The van der Waals surface area contributed by atoms with Crippen LogP contribution in [0.1, 0.15) is 0 Å². The van der Waals surface area contributed by atoms with E-state index >= 15 is 0 Å². The van der Waals surface area contributed by atoms with Crippen molar-refractivity contribution in [3.63, 3.8) is 0 Å². The van der Waals surface area contributed by atoms with Crippen molar-refractivity contribution in [3.05, 3.63) is 28.6 Å². The Bertz CT molecular complexity index is 586. The van der Waals surface area contributed by atoms with Crippen LogP contribution in [0.5, 0.6) is 0 Å². The first-order valence-corrected chi connectivity index (χ1v) is 10.5. The fraction of sp³-hybridized carbons (Fsp3) is 0.429. The van der Waals surface area contributed by atoms with Crippen LogP contribution in [0.25, 0.3) is 0 Å². The van der Waals surface area contributed by atoms with Gasteiger partial charge in [0.2, 0.25) is 0 Å². The van der Waals surface area contributed by atoms with E-state index in [0.29, 0.717) is 3.58 Å². The predicted octanol–water partition coefficient (Wildman–Crippen LogP) is -0.832. The third-order valence-electron chi connectivity index (χ3n) is 2.97. The molecule has 0 aliphatic heterocycles. The van der Waals surface area contributed by atoms with Crippen LogP contribution in [0, 0.1) is 0 Å². The fourth-order valence-corrected chi connectivity index (χ4v) is 4.70. The first-order valence-electron chi connectivity index (χ1n) is 7.14. The van der Waals surface area contributed by atoms with E-state index in [4.69, 9.17) is 26.2 Å². The Hall–Kier alpha value is -0.0100. The number of hydrogen-bond donors (Lipinski definition) is 7.